The van der Waals surface area contributed by atoms with Gasteiger partial charge in [-0.15, -0.1) is 0 Å². The van der Waals surface area contributed by atoms with E-state index in [9.17, 15) is 4.39 Å². The van der Waals surface area contributed by atoms with E-state index in [4.69, 9.17) is 23.2 Å². The van der Waals surface area contributed by atoms with Crippen molar-refractivity contribution in [3.63, 3.8) is 0 Å². The Morgan fingerprint density at radius 1 is 1.10 bits per heavy atom. The van der Waals surface area contributed by atoms with Crippen molar-refractivity contribution in [2.45, 2.75) is 18.1 Å². The highest BCUT2D eigenvalue weighted by atomic mass is 35.5. The molecular weight excluding hydrogens is 318 g/mol. The summed E-state index contributed by atoms with van der Waals surface area (Å²) in [6.45, 7) is 0. The first kappa shape index (κ1) is 14.1. The Labute approximate surface area is 130 Å². The summed E-state index contributed by atoms with van der Waals surface area (Å²) >= 11 is 14.3. The van der Waals surface area contributed by atoms with Gasteiger partial charge in [-0.2, -0.15) is 11.8 Å². The molecule has 0 radical (unpaired) electrons. The van der Waals surface area contributed by atoms with E-state index in [1.807, 2.05) is 11.8 Å². The third kappa shape index (κ3) is 2.78. The summed E-state index contributed by atoms with van der Waals surface area (Å²) < 4.78 is 13.0. The molecule has 1 aliphatic rings. The van der Waals surface area contributed by atoms with Crippen molar-refractivity contribution in [2.75, 3.05) is 5.75 Å². The van der Waals surface area contributed by atoms with Gasteiger partial charge in [-0.25, -0.2) is 14.4 Å². The van der Waals surface area contributed by atoms with Gasteiger partial charge in [0.05, 0.1) is 10.8 Å². The second kappa shape index (κ2) is 5.88. The highest BCUT2D eigenvalue weighted by Gasteiger charge is 2.23. The summed E-state index contributed by atoms with van der Waals surface area (Å²) in [6, 6.07) is 5.97. The monoisotopic (exact) mass is 328 g/mol. The largest absolute Gasteiger partial charge is 0.219 e. The van der Waals surface area contributed by atoms with Crippen molar-refractivity contribution in [3.05, 3.63) is 46.2 Å². The Bertz CT molecular complexity index is 605. The van der Waals surface area contributed by atoms with Crippen molar-refractivity contribution in [3.8, 4) is 11.1 Å². The maximum absolute atomic E-state index is 13.0. The lowest BCUT2D eigenvalue weighted by Gasteiger charge is -2.11. The molecule has 2 heterocycles. The lowest BCUT2D eigenvalue weighted by atomic mass is 10.1. The zero-order valence-corrected chi connectivity index (χ0v) is 12.8. The van der Waals surface area contributed by atoms with Crippen molar-refractivity contribution in [1.82, 2.24) is 9.97 Å². The number of hydrogen-bond acceptors (Lipinski definition) is 3. The molecule has 0 saturated carbocycles. The van der Waals surface area contributed by atoms with E-state index >= 15 is 0 Å². The van der Waals surface area contributed by atoms with Crippen molar-refractivity contribution >= 4 is 35.0 Å². The molecule has 0 bridgehead atoms. The number of thioether (sulfide) groups is 1. The molecule has 2 aromatic rings. The standard InChI is InChI=1S/C14H11Cl2FN2S/c15-12-11(8-3-5-9(17)6-4-8)13(16)19-14(18-12)10-2-1-7-20-10/h3-6,10H,1-2,7H2. The van der Waals surface area contributed by atoms with Crippen LogP contribution in [0, 0.1) is 5.82 Å². The van der Waals surface area contributed by atoms with E-state index in [0.717, 1.165) is 18.6 Å². The summed E-state index contributed by atoms with van der Waals surface area (Å²) in [6.07, 6.45) is 2.21. The number of halogens is 3. The van der Waals surface area contributed by atoms with Gasteiger partial charge in [-0.3, -0.25) is 0 Å². The van der Waals surface area contributed by atoms with Gasteiger partial charge >= 0.3 is 0 Å². The van der Waals surface area contributed by atoms with Gasteiger partial charge in [0, 0.05) is 0 Å². The van der Waals surface area contributed by atoms with Crippen LogP contribution in [0.15, 0.2) is 24.3 Å². The normalized spacial score (nSPS) is 18.4. The van der Waals surface area contributed by atoms with Crippen LogP contribution in [0.4, 0.5) is 4.39 Å². The number of rotatable bonds is 2. The molecule has 6 heteroatoms. The first-order valence-corrected chi connectivity index (χ1v) is 8.06. The van der Waals surface area contributed by atoms with Crippen LogP contribution in [-0.4, -0.2) is 15.7 Å². The average molecular weight is 329 g/mol. The van der Waals surface area contributed by atoms with E-state index in [0.29, 0.717) is 27.3 Å². The topological polar surface area (TPSA) is 25.8 Å². The quantitative estimate of drug-likeness (QED) is 0.712. The first-order chi connectivity index (χ1) is 9.65. The fourth-order valence-corrected chi connectivity index (χ4v) is 4.03. The Morgan fingerprint density at radius 3 is 2.30 bits per heavy atom. The van der Waals surface area contributed by atoms with Crippen LogP contribution >= 0.6 is 35.0 Å². The second-order valence-electron chi connectivity index (χ2n) is 4.55. The molecule has 1 unspecified atom stereocenters. The van der Waals surface area contributed by atoms with Gasteiger partial charge in [0.1, 0.15) is 21.9 Å². The fraction of sp³-hybridized carbons (Fsp3) is 0.286. The maximum Gasteiger partial charge on any atom is 0.144 e. The minimum atomic E-state index is -0.305. The van der Waals surface area contributed by atoms with E-state index < -0.39 is 0 Å². The van der Waals surface area contributed by atoms with Gasteiger partial charge in [0.2, 0.25) is 0 Å². The fourth-order valence-electron chi connectivity index (χ4n) is 2.20. The van der Waals surface area contributed by atoms with Crippen molar-refractivity contribution in [2.24, 2.45) is 0 Å². The number of hydrogen-bond donors (Lipinski definition) is 0. The predicted octanol–water partition coefficient (Wildman–Crippen LogP) is 5.16. The molecule has 0 N–H and O–H groups in total. The Balaban J connectivity index is 2.02. The zero-order valence-electron chi connectivity index (χ0n) is 10.4. The summed E-state index contributed by atoms with van der Waals surface area (Å²) in [4.78, 5) is 8.74. The summed E-state index contributed by atoms with van der Waals surface area (Å²) in [5.74, 6) is 1.50. The summed E-state index contributed by atoms with van der Waals surface area (Å²) in [5, 5.41) is 0.908. The Kier molecular flexibility index (Phi) is 4.15. The van der Waals surface area contributed by atoms with Gasteiger partial charge in [-0.1, -0.05) is 35.3 Å². The lowest BCUT2D eigenvalue weighted by Crippen LogP contribution is -2.01. The number of benzene rings is 1. The molecule has 2 nitrogen and oxygen atoms in total. The maximum atomic E-state index is 13.0. The van der Waals surface area contributed by atoms with E-state index in [2.05, 4.69) is 9.97 Å². The molecule has 1 aliphatic heterocycles. The minimum Gasteiger partial charge on any atom is -0.219 e. The van der Waals surface area contributed by atoms with Crippen LogP contribution in [0.25, 0.3) is 11.1 Å². The number of nitrogens with zero attached hydrogens (tertiary/aromatic N) is 2. The Morgan fingerprint density at radius 2 is 1.75 bits per heavy atom. The molecule has 0 amide bonds. The third-order valence-electron chi connectivity index (χ3n) is 3.19. The molecule has 1 saturated heterocycles. The Hall–Kier alpha value is -0.840. The third-order valence-corrected chi connectivity index (χ3v) is 5.11. The molecule has 1 fully saturated rings. The summed E-state index contributed by atoms with van der Waals surface area (Å²) in [7, 11) is 0. The van der Waals surface area contributed by atoms with Gasteiger partial charge < -0.3 is 0 Å². The molecule has 1 aromatic heterocycles. The van der Waals surface area contributed by atoms with Crippen molar-refractivity contribution in [1.29, 1.82) is 0 Å². The molecule has 0 spiro atoms. The van der Waals surface area contributed by atoms with Crippen LogP contribution < -0.4 is 0 Å². The first-order valence-electron chi connectivity index (χ1n) is 6.25. The predicted molar refractivity (Wildman–Crippen MR) is 81.9 cm³/mol. The molecular formula is C14H11Cl2FN2S. The molecule has 104 valence electrons. The second-order valence-corrected chi connectivity index (χ2v) is 6.57. The van der Waals surface area contributed by atoms with Gasteiger partial charge in [0.25, 0.3) is 0 Å². The van der Waals surface area contributed by atoms with E-state index in [-0.39, 0.29) is 11.1 Å². The molecule has 1 aromatic carbocycles. The molecule has 1 atom stereocenters. The molecule has 3 rings (SSSR count). The molecule has 0 aliphatic carbocycles. The van der Waals surface area contributed by atoms with Crippen LogP contribution in [-0.2, 0) is 0 Å². The smallest absolute Gasteiger partial charge is 0.144 e. The van der Waals surface area contributed by atoms with Crippen molar-refractivity contribution < 1.29 is 4.39 Å². The van der Waals surface area contributed by atoms with Gasteiger partial charge in [-0.05, 0) is 36.3 Å². The van der Waals surface area contributed by atoms with Gasteiger partial charge in [0.15, 0.2) is 0 Å². The van der Waals surface area contributed by atoms with E-state index in [1.54, 1.807) is 12.1 Å². The van der Waals surface area contributed by atoms with Crippen LogP contribution in [0.1, 0.15) is 23.9 Å². The molecule has 20 heavy (non-hydrogen) atoms. The van der Waals surface area contributed by atoms with Crippen LogP contribution in [0.5, 0.6) is 0 Å². The minimum absolute atomic E-state index is 0.271. The SMILES string of the molecule is Fc1ccc(-c2c(Cl)nc(C3CCCS3)nc2Cl)cc1. The van der Waals surface area contributed by atoms with Crippen LogP contribution in [0.3, 0.4) is 0 Å². The highest BCUT2D eigenvalue weighted by Crippen LogP contribution is 2.41. The summed E-state index contributed by atoms with van der Waals surface area (Å²) in [5.41, 5.74) is 1.27. The van der Waals surface area contributed by atoms with Crippen LogP contribution in [0.2, 0.25) is 10.3 Å². The average Bonchev–Trinajstić information content (AvgIpc) is 2.94. The highest BCUT2D eigenvalue weighted by molar-refractivity contribution is 7.99. The number of aromatic nitrogens is 2. The zero-order chi connectivity index (χ0) is 14.1. The van der Waals surface area contributed by atoms with E-state index in [1.165, 1.54) is 12.1 Å². The lowest BCUT2D eigenvalue weighted by molar-refractivity contribution is 0.628.